The Morgan fingerprint density at radius 1 is 0.524 bits per heavy atom. The van der Waals surface area contributed by atoms with Gasteiger partial charge in [0, 0.05) is 21.3 Å². The first-order valence-corrected chi connectivity index (χ1v) is 13.3. The van der Waals surface area contributed by atoms with E-state index in [0.717, 1.165) is 5.56 Å². The molecule has 7 aromatic rings. The Bertz CT molecular complexity index is 1930. The third-order valence-electron chi connectivity index (χ3n) is 7.70. The van der Waals surface area contributed by atoms with Crippen molar-refractivity contribution in [2.45, 2.75) is 17.7 Å². The van der Waals surface area contributed by atoms with Crippen LogP contribution < -0.4 is 0 Å². The number of methoxy groups -OCH3 is 3. The van der Waals surface area contributed by atoms with Crippen molar-refractivity contribution in [1.82, 2.24) is 45.0 Å². The van der Waals surface area contributed by atoms with Crippen molar-refractivity contribution in [3.8, 4) is 0 Å². The molecule has 0 fully saturated rings. The fourth-order valence-electron chi connectivity index (χ4n) is 5.91. The number of benzene rings is 4. The maximum absolute atomic E-state index is 6.73. The maximum Gasteiger partial charge on any atom is 0.318 e. The van der Waals surface area contributed by atoms with Gasteiger partial charge in [-0.15, -0.1) is 15.3 Å². The van der Waals surface area contributed by atoms with Crippen molar-refractivity contribution in [2.75, 3.05) is 21.3 Å². The average molecular weight is 562 g/mol. The second-order valence-electron chi connectivity index (χ2n) is 9.71. The molecule has 12 heteroatoms. The van der Waals surface area contributed by atoms with Gasteiger partial charge in [-0.25, -0.2) is 4.68 Å². The highest BCUT2D eigenvalue weighted by Crippen LogP contribution is 2.51. The average Bonchev–Trinajstić information content (AvgIpc) is 3.80. The van der Waals surface area contributed by atoms with Crippen molar-refractivity contribution in [1.29, 1.82) is 0 Å². The molecular weight excluding hydrogens is 534 g/mol. The zero-order chi connectivity index (χ0) is 28.7. The van der Waals surface area contributed by atoms with Crippen LogP contribution >= 0.6 is 0 Å². The molecule has 0 aliphatic rings. The summed E-state index contributed by atoms with van der Waals surface area (Å²) in [5.74, 6) is -1.79. The van der Waals surface area contributed by atoms with Crippen LogP contribution in [-0.4, -0.2) is 66.3 Å². The summed E-state index contributed by atoms with van der Waals surface area (Å²) in [5, 5.41) is 27.5. The lowest BCUT2D eigenvalue weighted by Gasteiger charge is -2.50. The van der Waals surface area contributed by atoms with Gasteiger partial charge in [0.25, 0.3) is 5.72 Å². The van der Waals surface area contributed by atoms with Crippen molar-refractivity contribution in [3.63, 3.8) is 0 Å². The number of hydrogen-bond acceptors (Lipinski definition) is 9. The van der Waals surface area contributed by atoms with Crippen molar-refractivity contribution in [3.05, 3.63) is 109 Å². The van der Waals surface area contributed by atoms with Crippen LogP contribution in [-0.2, 0) is 25.8 Å². The SMILES string of the molecule is COC(c1ccccc1)C(OC)(n1nnc2ccccc21)C(OC)(n1nnc2ccccc21)n1nnc2ccccc21. The number of fused-ring (bicyclic) bond motifs is 3. The van der Waals surface area contributed by atoms with E-state index in [1.807, 2.05) is 103 Å². The van der Waals surface area contributed by atoms with E-state index >= 15 is 0 Å². The normalized spacial score (nSPS) is 14.5. The molecule has 0 bridgehead atoms. The fraction of sp³-hybridized carbons (Fsp3) is 0.200. The maximum atomic E-state index is 6.73. The van der Waals surface area contributed by atoms with Crippen LogP contribution in [0.4, 0.5) is 0 Å². The van der Waals surface area contributed by atoms with E-state index in [0.29, 0.717) is 33.1 Å². The lowest BCUT2D eigenvalue weighted by molar-refractivity contribution is -0.337. The van der Waals surface area contributed by atoms with Gasteiger partial charge in [-0.1, -0.05) is 82.4 Å². The van der Waals surface area contributed by atoms with E-state index in [1.165, 1.54) is 0 Å². The van der Waals surface area contributed by atoms with Crippen LogP contribution in [0.25, 0.3) is 33.1 Å². The zero-order valence-electron chi connectivity index (χ0n) is 23.1. The molecule has 0 aliphatic carbocycles. The molecule has 42 heavy (non-hydrogen) atoms. The molecule has 0 N–H and O–H groups in total. The topological polar surface area (TPSA) is 120 Å². The smallest absolute Gasteiger partial charge is 0.318 e. The molecule has 0 saturated heterocycles. The Balaban J connectivity index is 1.71. The van der Waals surface area contributed by atoms with Gasteiger partial charge in [0.15, 0.2) is 0 Å². The van der Waals surface area contributed by atoms with Gasteiger partial charge in [-0.2, -0.15) is 9.36 Å². The second kappa shape index (κ2) is 10.1. The monoisotopic (exact) mass is 561 g/mol. The zero-order valence-corrected chi connectivity index (χ0v) is 23.1. The third kappa shape index (κ3) is 3.46. The quantitative estimate of drug-likeness (QED) is 0.256. The van der Waals surface area contributed by atoms with Gasteiger partial charge in [0.1, 0.15) is 22.7 Å². The molecule has 210 valence electrons. The molecule has 2 atom stereocenters. The Morgan fingerprint density at radius 3 is 1.40 bits per heavy atom. The number of hydrogen-bond donors (Lipinski definition) is 0. The number of nitrogens with zero attached hydrogens (tertiary/aromatic N) is 9. The van der Waals surface area contributed by atoms with Gasteiger partial charge in [0.2, 0.25) is 0 Å². The summed E-state index contributed by atoms with van der Waals surface area (Å²) >= 11 is 0. The molecule has 0 radical (unpaired) electrons. The molecule has 2 unspecified atom stereocenters. The summed E-state index contributed by atoms with van der Waals surface area (Å²) in [4.78, 5) is 0. The lowest BCUT2D eigenvalue weighted by atomic mass is 9.91. The number of para-hydroxylation sites is 3. The lowest BCUT2D eigenvalue weighted by Crippen LogP contribution is -2.67. The number of ether oxygens (including phenoxy) is 3. The molecular formula is C30H27N9O3. The van der Waals surface area contributed by atoms with Crippen LogP contribution in [0, 0.1) is 0 Å². The second-order valence-corrected chi connectivity index (χ2v) is 9.71. The minimum atomic E-state index is -1.79. The molecule has 0 aliphatic heterocycles. The van der Waals surface area contributed by atoms with Gasteiger partial charge < -0.3 is 14.2 Å². The van der Waals surface area contributed by atoms with Crippen LogP contribution in [0.5, 0.6) is 0 Å². The van der Waals surface area contributed by atoms with E-state index < -0.39 is 17.7 Å². The largest absolute Gasteiger partial charge is 0.371 e. The molecule has 12 nitrogen and oxygen atoms in total. The first-order chi connectivity index (χ1) is 20.7. The highest BCUT2D eigenvalue weighted by molar-refractivity contribution is 5.77. The van der Waals surface area contributed by atoms with Crippen LogP contribution in [0.2, 0.25) is 0 Å². The summed E-state index contributed by atoms with van der Waals surface area (Å²) < 4.78 is 24.8. The highest BCUT2D eigenvalue weighted by atomic mass is 16.6. The summed E-state index contributed by atoms with van der Waals surface area (Å²) in [6.07, 6.45) is -0.861. The first kappa shape index (κ1) is 25.9. The Hall–Kier alpha value is -5.04. The summed E-state index contributed by atoms with van der Waals surface area (Å²) in [7, 11) is 4.76. The van der Waals surface area contributed by atoms with E-state index in [1.54, 1.807) is 35.4 Å². The Labute approximate surface area is 240 Å². The van der Waals surface area contributed by atoms with E-state index in [-0.39, 0.29) is 0 Å². The molecule has 0 amide bonds. The van der Waals surface area contributed by atoms with Crippen molar-refractivity contribution >= 4 is 33.1 Å². The van der Waals surface area contributed by atoms with Gasteiger partial charge in [0.05, 0.1) is 16.6 Å². The fourth-order valence-corrected chi connectivity index (χ4v) is 5.91. The molecule has 3 aromatic heterocycles. The van der Waals surface area contributed by atoms with Gasteiger partial charge >= 0.3 is 5.85 Å². The van der Waals surface area contributed by atoms with Crippen molar-refractivity contribution in [2.24, 2.45) is 0 Å². The molecule has 0 saturated carbocycles. The Kier molecular flexibility index (Phi) is 6.23. The third-order valence-corrected chi connectivity index (χ3v) is 7.70. The number of aromatic nitrogens is 9. The van der Waals surface area contributed by atoms with Gasteiger partial charge in [-0.05, 0) is 42.0 Å². The standard InChI is InChI=1S/C30H27N9O3/c1-40-28(21-13-5-4-6-14-21)29(41-2,37-25-18-10-7-15-22(25)31-34-37)30(42-3,38-26-19-11-8-16-23(26)32-35-38)39-27-20-12-9-17-24(27)33-36-39/h4-20,28H,1-3H3. The van der Waals surface area contributed by atoms with Crippen LogP contribution in [0.3, 0.4) is 0 Å². The minimum absolute atomic E-state index is 0.644. The molecule has 7 rings (SSSR count). The van der Waals surface area contributed by atoms with Crippen LogP contribution in [0.15, 0.2) is 103 Å². The molecule has 4 aromatic carbocycles. The molecule has 3 heterocycles. The highest BCUT2D eigenvalue weighted by Gasteiger charge is 2.67. The minimum Gasteiger partial charge on any atom is -0.371 e. The van der Waals surface area contributed by atoms with Gasteiger partial charge in [-0.3, -0.25) is 0 Å². The van der Waals surface area contributed by atoms with E-state index in [9.17, 15) is 0 Å². The summed E-state index contributed by atoms with van der Waals surface area (Å²) in [6.45, 7) is 0. The van der Waals surface area contributed by atoms with E-state index in [4.69, 9.17) is 14.2 Å². The van der Waals surface area contributed by atoms with E-state index in [2.05, 4.69) is 30.9 Å². The van der Waals surface area contributed by atoms with Crippen molar-refractivity contribution < 1.29 is 14.2 Å². The van der Waals surface area contributed by atoms with Crippen LogP contribution in [0.1, 0.15) is 11.7 Å². The predicted octanol–water partition coefficient (Wildman–Crippen LogP) is 4.11. The summed E-state index contributed by atoms with van der Waals surface area (Å²) in [6, 6.07) is 32.5. The first-order valence-electron chi connectivity index (χ1n) is 13.3. The Morgan fingerprint density at radius 2 is 0.952 bits per heavy atom. The predicted molar refractivity (Wildman–Crippen MR) is 154 cm³/mol. The molecule has 0 spiro atoms. The number of rotatable bonds is 9. The summed E-state index contributed by atoms with van der Waals surface area (Å²) in [5.41, 5.74) is 3.01.